The third-order valence-corrected chi connectivity index (χ3v) is 4.28. The topological polar surface area (TPSA) is 72.1 Å². The van der Waals surface area contributed by atoms with Gasteiger partial charge in [0.05, 0.1) is 11.9 Å². The number of hydrogen-bond donors (Lipinski definition) is 1. The summed E-state index contributed by atoms with van der Waals surface area (Å²) in [5.41, 5.74) is 6.54. The minimum Gasteiger partial charge on any atom is -0.397 e. The number of nitrogen functional groups attached to an aromatic ring is 1. The molecular weight excluding hydrogens is 248 g/mol. The van der Waals surface area contributed by atoms with Gasteiger partial charge in [0.1, 0.15) is 9.71 Å². The van der Waals surface area contributed by atoms with Crippen molar-refractivity contribution in [3.63, 3.8) is 0 Å². The first-order valence-electron chi connectivity index (χ1n) is 5.92. The fourth-order valence-electron chi connectivity index (χ4n) is 1.98. The summed E-state index contributed by atoms with van der Waals surface area (Å²) in [6.45, 7) is 0.818. The molecular formula is C12H14N4OS. The third-order valence-electron chi connectivity index (χ3n) is 3.19. The molecule has 0 atom stereocenters. The standard InChI is InChI=1S/C12H14N4OS/c1-16(6-7-2-3-7)12(17)10-9(13)8-4-5-14-15-11(8)18-10/h4-5,7H,2-3,6,13H2,1H3. The van der Waals surface area contributed by atoms with Crippen molar-refractivity contribution in [3.05, 3.63) is 17.1 Å². The van der Waals surface area contributed by atoms with Crippen molar-refractivity contribution in [1.82, 2.24) is 15.1 Å². The van der Waals surface area contributed by atoms with E-state index in [1.807, 2.05) is 7.05 Å². The molecule has 2 aromatic heterocycles. The smallest absolute Gasteiger partial charge is 0.265 e. The summed E-state index contributed by atoms with van der Waals surface area (Å²) in [7, 11) is 1.83. The molecule has 0 saturated heterocycles. The number of rotatable bonds is 3. The zero-order chi connectivity index (χ0) is 12.7. The molecule has 94 valence electrons. The normalized spacial score (nSPS) is 14.9. The second-order valence-electron chi connectivity index (χ2n) is 4.72. The minimum atomic E-state index is -0.0117. The highest BCUT2D eigenvalue weighted by Gasteiger charge is 2.27. The molecule has 0 aromatic carbocycles. The second-order valence-corrected chi connectivity index (χ2v) is 5.72. The van der Waals surface area contributed by atoms with Gasteiger partial charge >= 0.3 is 0 Å². The molecule has 0 aliphatic heterocycles. The van der Waals surface area contributed by atoms with Crippen LogP contribution in [-0.4, -0.2) is 34.6 Å². The zero-order valence-electron chi connectivity index (χ0n) is 10.1. The Morgan fingerprint density at radius 1 is 1.61 bits per heavy atom. The number of carbonyl (C=O) groups excluding carboxylic acids is 1. The third kappa shape index (κ3) is 1.92. The van der Waals surface area contributed by atoms with Crippen molar-refractivity contribution >= 4 is 33.1 Å². The molecule has 1 aliphatic rings. The Balaban J connectivity index is 1.92. The van der Waals surface area contributed by atoms with Gasteiger partial charge in [-0.05, 0) is 24.8 Å². The Bertz CT molecular complexity index is 605. The average molecular weight is 262 g/mol. The summed E-state index contributed by atoms with van der Waals surface area (Å²) in [5.74, 6) is 0.664. The first-order chi connectivity index (χ1) is 8.66. The van der Waals surface area contributed by atoms with Gasteiger partial charge in [0, 0.05) is 19.0 Å². The number of thiophene rings is 1. The molecule has 2 aromatic rings. The molecule has 18 heavy (non-hydrogen) atoms. The van der Waals surface area contributed by atoms with Crippen LogP contribution >= 0.6 is 11.3 Å². The Kier molecular flexibility index (Phi) is 2.66. The number of fused-ring (bicyclic) bond motifs is 1. The van der Waals surface area contributed by atoms with Gasteiger partial charge in [-0.15, -0.1) is 16.4 Å². The van der Waals surface area contributed by atoms with Crippen LogP contribution < -0.4 is 5.73 Å². The largest absolute Gasteiger partial charge is 0.397 e. The number of nitrogens with zero attached hydrogens (tertiary/aromatic N) is 3. The van der Waals surface area contributed by atoms with Crippen LogP contribution in [-0.2, 0) is 0 Å². The van der Waals surface area contributed by atoms with E-state index in [0.717, 1.165) is 16.8 Å². The monoisotopic (exact) mass is 262 g/mol. The van der Waals surface area contributed by atoms with E-state index in [4.69, 9.17) is 5.73 Å². The fourth-order valence-corrected chi connectivity index (χ4v) is 3.01. The van der Waals surface area contributed by atoms with Crippen molar-refractivity contribution in [2.45, 2.75) is 12.8 Å². The average Bonchev–Trinajstić information content (AvgIpc) is 3.12. The molecule has 2 heterocycles. The SMILES string of the molecule is CN(CC1CC1)C(=O)c1sc2nnccc2c1N. The Labute approximate surface area is 109 Å². The zero-order valence-corrected chi connectivity index (χ0v) is 10.9. The number of anilines is 1. The van der Waals surface area contributed by atoms with Gasteiger partial charge < -0.3 is 10.6 Å². The van der Waals surface area contributed by atoms with Gasteiger partial charge in [-0.1, -0.05) is 0 Å². The summed E-state index contributed by atoms with van der Waals surface area (Å²) in [4.78, 5) is 15.4. The fraction of sp³-hybridized carbons (Fsp3) is 0.417. The predicted octanol–water partition coefficient (Wildman–Crippen LogP) is 1.76. The number of carbonyl (C=O) groups is 1. The van der Waals surface area contributed by atoms with Crippen LogP contribution in [0.15, 0.2) is 12.3 Å². The highest BCUT2D eigenvalue weighted by Crippen LogP contribution is 2.34. The van der Waals surface area contributed by atoms with E-state index >= 15 is 0 Å². The van der Waals surface area contributed by atoms with Gasteiger partial charge in [-0.2, -0.15) is 5.10 Å². The number of hydrogen-bond acceptors (Lipinski definition) is 5. The molecule has 1 saturated carbocycles. The molecule has 0 spiro atoms. The van der Waals surface area contributed by atoms with E-state index in [9.17, 15) is 4.79 Å². The molecule has 0 unspecified atom stereocenters. The Morgan fingerprint density at radius 2 is 2.39 bits per heavy atom. The highest BCUT2D eigenvalue weighted by molar-refractivity contribution is 7.21. The van der Waals surface area contributed by atoms with Crippen LogP contribution in [0.25, 0.3) is 10.2 Å². The van der Waals surface area contributed by atoms with Gasteiger partial charge in [0.25, 0.3) is 5.91 Å². The summed E-state index contributed by atoms with van der Waals surface area (Å²) >= 11 is 1.32. The lowest BCUT2D eigenvalue weighted by atomic mass is 10.2. The summed E-state index contributed by atoms with van der Waals surface area (Å²) in [6.07, 6.45) is 4.05. The number of aromatic nitrogens is 2. The second kappa shape index (κ2) is 4.20. The lowest BCUT2D eigenvalue weighted by Gasteiger charge is -2.15. The molecule has 2 N–H and O–H groups in total. The van der Waals surface area contributed by atoms with Gasteiger partial charge in [0.15, 0.2) is 0 Å². The molecule has 0 bridgehead atoms. The van der Waals surface area contributed by atoms with Crippen molar-refractivity contribution in [2.24, 2.45) is 5.92 Å². The maximum absolute atomic E-state index is 12.3. The van der Waals surface area contributed by atoms with E-state index in [1.54, 1.807) is 17.2 Å². The van der Waals surface area contributed by atoms with E-state index in [1.165, 1.54) is 24.2 Å². The minimum absolute atomic E-state index is 0.0117. The number of amides is 1. The molecule has 0 radical (unpaired) electrons. The van der Waals surface area contributed by atoms with Crippen LogP contribution in [0.4, 0.5) is 5.69 Å². The highest BCUT2D eigenvalue weighted by atomic mass is 32.1. The van der Waals surface area contributed by atoms with Gasteiger partial charge in [0.2, 0.25) is 0 Å². The lowest BCUT2D eigenvalue weighted by Crippen LogP contribution is -2.28. The molecule has 1 fully saturated rings. The number of nitrogens with two attached hydrogens (primary N) is 1. The summed E-state index contributed by atoms with van der Waals surface area (Å²) in [6, 6.07) is 1.80. The van der Waals surface area contributed by atoms with E-state index in [2.05, 4.69) is 10.2 Å². The van der Waals surface area contributed by atoms with Gasteiger partial charge in [-0.3, -0.25) is 4.79 Å². The first-order valence-corrected chi connectivity index (χ1v) is 6.73. The molecule has 1 aliphatic carbocycles. The molecule has 1 amide bonds. The Morgan fingerprint density at radius 3 is 3.06 bits per heavy atom. The quantitative estimate of drug-likeness (QED) is 0.914. The maximum Gasteiger partial charge on any atom is 0.265 e. The van der Waals surface area contributed by atoms with Gasteiger partial charge in [-0.25, -0.2) is 0 Å². The molecule has 6 heteroatoms. The van der Waals surface area contributed by atoms with Crippen LogP contribution in [0.1, 0.15) is 22.5 Å². The lowest BCUT2D eigenvalue weighted by molar-refractivity contribution is 0.0794. The van der Waals surface area contributed by atoms with E-state index in [0.29, 0.717) is 16.5 Å². The summed E-state index contributed by atoms with van der Waals surface area (Å²) in [5, 5.41) is 8.62. The Hall–Kier alpha value is -1.69. The molecule has 5 nitrogen and oxygen atoms in total. The van der Waals surface area contributed by atoms with Crippen LogP contribution in [0.2, 0.25) is 0 Å². The van der Waals surface area contributed by atoms with Crippen LogP contribution in [0.3, 0.4) is 0 Å². The van der Waals surface area contributed by atoms with Crippen molar-refractivity contribution in [1.29, 1.82) is 0 Å². The van der Waals surface area contributed by atoms with E-state index in [-0.39, 0.29) is 5.91 Å². The summed E-state index contributed by atoms with van der Waals surface area (Å²) < 4.78 is 0. The maximum atomic E-state index is 12.3. The van der Waals surface area contributed by atoms with Crippen LogP contribution in [0, 0.1) is 5.92 Å². The predicted molar refractivity (Wildman–Crippen MR) is 71.5 cm³/mol. The van der Waals surface area contributed by atoms with Crippen molar-refractivity contribution in [2.75, 3.05) is 19.3 Å². The molecule has 3 rings (SSSR count). The van der Waals surface area contributed by atoms with E-state index < -0.39 is 0 Å². The first kappa shape index (κ1) is 11.4. The van der Waals surface area contributed by atoms with Crippen molar-refractivity contribution < 1.29 is 4.79 Å². The van der Waals surface area contributed by atoms with Crippen molar-refractivity contribution in [3.8, 4) is 0 Å². The van der Waals surface area contributed by atoms with Crippen LogP contribution in [0.5, 0.6) is 0 Å².